The van der Waals surface area contributed by atoms with Crippen LogP contribution in [0.1, 0.15) is 68.2 Å². The van der Waals surface area contributed by atoms with Gasteiger partial charge >= 0.3 is 5.97 Å². The van der Waals surface area contributed by atoms with E-state index in [-0.39, 0.29) is 23.2 Å². The molecule has 174 valence electrons. The number of rotatable bonds is 7. The summed E-state index contributed by atoms with van der Waals surface area (Å²) < 4.78 is 28.7. The monoisotopic (exact) mass is 495 g/mol. The molecule has 2 aromatic carbocycles. The first kappa shape index (κ1) is 24.7. The van der Waals surface area contributed by atoms with E-state index in [0.29, 0.717) is 26.7 Å². The number of halogens is 4. The Morgan fingerprint density at radius 2 is 1.85 bits per heavy atom. The zero-order chi connectivity index (χ0) is 24.4. The number of carboxylic acid groups (broad SMARTS) is 1. The van der Waals surface area contributed by atoms with Gasteiger partial charge in [0.25, 0.3) is 12.3 Å². The number of aromatic nitrogens is 2. The number of aromatic carboxylic acids is 1. The van der Waals surface area contributed by atoms with Crippen LogP contribution in [-0.2, 0) is 13.5 Å². The topological polar surface area (TPSA) is 84.2 Å². The third-order valence-electron chi connectivity index (χ3n) is 5.28. The Hall–Kier alpha value is -2.97. The van der Waals surface area contributed by atoms with Gasteiger partial charge in [0.15, 0.2) is 0 Å². The van der Waals surface area contributed by atoms with Gasteiger partial charge in [-0.15, -0.1) is 0 Å². The number of carboxylic acids is 1. The Bertz CT molecular complexity index is 1230. The zero-order valence-electron chi connectivity index (χ0n) is 18.0. The van der Waals surface area contributed by atoms with Crippen LogP contribution in [0.4, 0.5) is 8.78 Å². The van der Waals surface area contributed by atoms with Gasteiger partial charge < -0.3 is 10.4 Å². The molecule has 1 atom stereocenters. The number of benzene rings is 2. The number of hydrogen-bond donors (Lipinski definition) is 2. The molecule has 6 nitrogen and oxygen atoms in total. The van der Waals surface area contributed by atoms with Crippen molar-refractivity contribution in [1.82, 2.24) is 15.1 Å². The molecule has 0 radical (unpaired) electrons. The Morgan fingerprint density at radius 3 is 2.42 bits per heavy atom. The van der Waals surface area contributed by atoms with Gasteiger partial charge in [-0.25, -0.2) is 13.6 Å². The summed E-state index contributed by atoms with van der Waals surface area (Å²) >= 11 is 12.0. The van der Waals surface area contributed by atoms with Crippen LogP contribution in [-0.4, -0.2) is 26.8 Å². The maximum atomic E-state index is 13.8. The normalized spacial score (nSPS) is 12.1. The van der Waals surface area contributed by atoms with Gasteiger partial charge in [-0.05, 0) is 54.8 Å². The molecule has 1 heterocycles. The smallest absolute Gasteiger partial charge is 0.335 e. The highest BCUT2D eigenvalue weighted by Gasteiger charge is 2.29. The summed E-state index contributed by atoms with van der Waals surface area (Å²) in [4.78, 5) is 24.3. The van der Waals surface area contributed by atoms with Crippen LogP contribution in [0.2, 0.25) is 10.0 Å². The first-order valence-electron chi connectivity index (χ1n) is 9.92. The molecule has 0 aliphatic carbocycles. The number of nitrogens with one attached hydrogen (secondary N) is 1. The molecule has 1 unspecified atom stereocenters. The fourth-order valence-electron chi connectivity index (χ4n) is 3.70. The lowest BCUT2D eigenvalue weighted by molar-refractivity contribution is 0.0696. The largest absolute Gasteiger partial charge is 0.478 e. The highest BCUT2D eigenvalue weighted by Crippen LogP contribution is 2.29. The first-order chi connectivity index (χ1) is 15.5. The molecular weight excluding hydrogens is 475 g/mol. The summed E-state index contributed by atoms with van der Waals surface area (Å²) in [5.41, 5.74) is 1.57. The van der Waals surface area contributed by atoms with Crippen molar-refractivity contribution in [2.45, 2.75) is 32.7 Å². The predicted octanol–water partition coefficient (Wildman–Crippen LogP) is 5.75. The Labute approximate surface area is 199 Å². The number of carbonyl (C=O) groups excluding carboxylic acids is 1. The Balaban J connectivity index is 1.94. The minimum absolute atomic E-state index is 0.0981. The fraction of sp³-hybridized carbons (Fsp3) is 0.261. The molecule has 10 heteroatoms. The zero-order valence-corrected chi connectivity index (χ0v) is 19.5. The summed E-state index contributed by atoms with van der Waals surface area (Å²) in [5.74, 6) is -1.77. The molecule has 1 aromatic heterocycles. The van der Waals surface area contributed by atoms with Crippen LogP contribution in [0.15, 0.2) is 36.4 Å². The maximum Gasteiger partial charge on any atom is 0.335 e. The highest BCUT2D eigenvalue weighted by atomic mass is 35.5. The van der Waals surface area contributed by atoms with Gasteiger partial charge in [-0.1, -0.05) is 35.3 Å². The van der Waals surface area contributed by atoms with Crippen LogP contribution in [0.5, 0.6) is 0 Å². The van der Waals surface area contributed by atoms with Gasteiger partial charge in [0.05, 0.1) is 32.9 Å². The Morgan fingerprint density at radius 1 is 1.15 bits per heavy atom. The van der Waals surface area contributed by atoms with Gasteiger partial charge in [-0.2, -0.15) is 5.10 Å². The summed E-state index contributed by atoms with van der Waals surface area (Å²) in [6.07, 6.45) is -2.82. The third kappa shape index (κ3) is 5.34. The number of amides is 1. The second kappa shape index (κ2) is 9.89. The number of nitrogens with zero attached hydrogens (tertiary/aromatic N) is 2. The van der Waals surface area contributed by atoms with Crippen molar-refractivity contribution in [1.29, 1.82) is 0 Å². The number of hydrogen-bond acceptors (Lipinski definition) is 3. The predicted molar refractivity (Wildman–Crippen MR) is 121 cm³/mol. The maximum absolute atomic E-state index is 13.8. The summed E-state index contributed by atoms with van der Waals surface area (Å²) in [5, 5.41) is 16.7. The third-order valence-corrected chi connectivity index (χ3v) is 6.02. The molecule has 1 amide bonds. The second-order valence-corrected chi connectivity index (χ2v) is 8.44. The summed E-state index contributed by atoms with van der Waals surface area (Å²) in [7, 11) is 1.36. The van der Waals surface area contributed by atoms with E-state index in [1.54, 1.807) is 38.1 Å². The molecule has 3 rings (SSSR count). The molecule has 2 N–H and O–H groups in total. The molecule has 0 aliphatic heterocycles. The summed E-state index contributed by atoms with van der Waals surface area (Å²) in [6, 6.07) is 8.81. The van der Waals surface area contributed by atoms with Crippen LogP contribution in [0, 0.1) is 6.92 Å². The van der Waals surface area contributed by atoms with Crippen molar-refractivity contribution < 1.29 is 23.5 Å². The molecule has 33 heavy (non-hydrogen) atoms. The molecule has 0 saturated carbocycles. The SMILES string of the molecule is Cc1cc(C(=O)O)ccc1C(C)NC(=O)c1c(Cc2ccc(Cl)c(Cl)c2)nn(C)c1C(F)F. The van der Waals surface area contributed by atoms with Crippen molar-refractivity contribution >= 4 is 35.1 Å². The van der Waals surface area contributed by atoms with E-state index in [9.17, 15) is 18.4 Å². The van der Waals surface area contributed by atoms with E-state index in [2.05, 4.69) is 10.4 Å². The lowest BCUT2D eigenvalue weighted by Crippen LogP contribution is -2.29. The molecular formula is C23H21Cl2F2N3O3. The number of aryl methyl sites for hydroxylation is 2. The summed E-state index contributed by atoms with van der Waals surface area (Å²) in [6.45, 7) is 3.41. The standard InChI is InChI=1S/C23H21Cl2F2N3O3/c1-11-8-14(23(32)33)5-6-15(11)12(2)28-22(31)19-18(29-30(3)20(19)21(26)27)10-13-4-7-16(24)17(25)9-13/h4-9,12,21H,10H2,1-3H3,(H,28,31)(H,32,33). The average Bonchev–Trinajstić information content (AvgIpc) is 3.06. The van der Waals surface area contributed by atoms with Crippen molar-refractivity contribution in [2.75, 3.05) is 0 Å². The van der Waals surface area contributed by atoms with Gasteiger partial charge in [0, 0.05) is 13.5 Å². The molecule has 0 fully saturated rings. The van der Waals surface area contributed by atoms with Crippen molar-refractivity contribution in [2.24, 2.45) is 7.05 Å². The molecule has 0 saturated heterocycles. The van der Waals surface area contributed by atoms with Crippen LogP contribution in [0.3, 0.4) is 0 Å². The van der Waals surface area contributed by atoms with Crippen LogP contribution < -0.4 is 5.32 Å². The first-order valence-corrected chi connectivity index (χ1v) is 10.7. The van der Waals surface area contributed by atoms with E-state index in [0.717, 1.165) is 4.68 Å². The molecule has 0 bridgehead atoms. The fourth-order valence-corrected chi connectivity index (χ4v) is 4.02. The molecule has 0 spiro atoms. The van der Waals surface area contributed by atoms with Gasteiger partial charge in [0.1, 0.15) is 5.69 Å². The van der Waals surface area contributed by atoms with Crippen molar-refractivity contribution in [3.05, 3.63) is 85.6 Å². The lowest BCUT2D eigenvalue weighted by Gasteiger charge is -2.18. The minimum Gasteiger partial charge on any atom is -0.478 e. The average molecular weight is 496 g/mol. The molecule has 3 aromatic rings. The van der Waals surface area contributed by atoms with E-state index >= 15 is 0 Å². The van der Waals surface area contributed by atoms with Gasteiger partial charge in [-0.3, -0.25) is 9.48 Å². The van der Waals surface area contributed by atoms with E-state index in [4.69, 9.17) is 28.3 Å². The van der Waals surface area contributed by atoms with Crippen molar-refractivity contribution in [3.63, 3.8) is 0 Å². The van der Waals surface area contributed by atoms with Crippen LogP contribution >= 0.6 is 23.2 Å². The molecule has 0 aliphatic rings. The van der Waals surface area contributed by atoms with E-state index < -0.39 is 30.0 Å². The number of alkyl halides is 2. The Kier molecular flexibility index (Phi) is 7.39. The van der Waals surface area contributed by atoms with Crippen molar-refractivity contribution in [3.8, 4) is 0 Å². The van der Waals surface area contributed by atoms with Crippen LogP contribution in [0.25, 0.3) is 0 Å². The van der Waals surface area contributed by atoms with E-state index in [1.165, 1.54) is 19.2 Å². The highest BCUT2D eigenvalue weighted by molar-refractivity contribution is 6.42. The minimum atomic E-state index is -2.92. The quantitative estimate of drug-likeness (QED) is 0.436. The number of carbonyl (C=O) groups is 2. The van der Waals surface area contributed by atoms with Gasteiger partial charge in [0.2, 0.25) is 0 Å². The lowest BCUT2D eigenvalue weighted by atomic mass is 9.99. The second-order valence-electron chi connectivity index (χ2n) is 7.63. The van der Waals surface area contributed by atoms with E-state index in [1.807, 2.05) is 0 Å².